The Kier molecular flexibility index (Phi) is 4.82. The lowest BCUT2D eigenvalue weighted by atomic mass is 10.1. The maximum atomic E-state index is 12.6. The molecule has 20 heavy (non-hydrogen) atoms. The van der Waals surface area contributed by atoms with E-state index in [4.69, 9.17) is 0 Å². The number of piperidine rings is 1. The predicted octanol–water partition coefficient (Wildman–Crippen LogP) is 0.881. The van der Waals surface area contributed by atoms with E-state index in [1.54, 1.807) is 24.7 Å². The van der Waals surface area contributed by atoms with E-state index >= 15 is 0 Å². The number of hydrogen-bond donors (Lipinski definition) is 1. The second-order valence-electron chi connectivity index (χ2n) is 5.34. The van der Waals surface area contributed by atoms with Crippen LogP contribution in [-0.4, -0.2) is 48.0 Å². The van der Waals surface area contributed by atoms with E-state index in [0.29, 0.717) is 18.9 Å². The van der Waals surface area contributed by atoms with Crippen LogP contribution in [0.4, 0.5) is 0 Å². The van der Waals surface area contributed by atoms with Crippen molar-refractivity contribution in [1.29, 1.82) is 0 Å². The van der Waals surface area contributed by atoms with Gasteiger partial charge in [0.25, 0.3) is 10.0 Å². The number of sulfonamides is 1. The third-order valence-electron chi connectivity index (χ3n) is 3.88. The Balaban J connectivity index is 2.16. The molecule has 1 atom stereocenters. The van der Waals surface area contributed by atoms with Crippen molar-refractivity contribution in [3.8, 4) is 0 Å². The van der Waals surface area contributed by atoms with Crippen LogP contribution in [-0.2, 0) is 17.1 Å². The molecule has 1 aliphatic rings. The molecule has 0 radical (unpaired) electrons. The van der Waals surface area contributed by atoms with Gasteiger partial charge in [-0.15, -0.1) is 0 Å². The van der Waals surface area contributed by atoms with Gasteiger partial charge in [0.2, 0.25) is 0 Å². The summed E-state index contributed by atoms with van der Waals surface area (Å²) in [4.78, 5) is 4.16. The number of hydrogen-bond acceptors (Lipinski definition) is 4. The number of aromatic nitrogens is 2. The highest BCUT2D eigenvalue weighted by Gasteiger charge is 2.28. The van der Waals surface area contributed by atoms with Crippen LogP contribution in [0.1, 0.15) is 32.0 Å². The Morgan fingerprint density at radius 2 is 2.25 bits per heavy atom. The fraction of sp³-hybridized carbons (Fsp3) is 0.769. The summed E-state index contributed by atoms with van der Waals surface area (Å²) < 4.78 is 28.5. The van der Waals surface area contributed by atoms with Crippen LogP contribution >= 0.6 is 0 Å². The average molecular weight is 300 g/mol. The van der Waals surface area contributed by atoms with Gasteiger partial charge in [-0.1, -0.05) is 13.3 Å². The molecule has 1 unspecified atom stereocenters. The second-order valence-corrected chi connectivity index (χ2v) is 7.22. The number of nitrogens with one attached hydrogen (secondary N) is 1. The lowest BCUT2D eigenvalue weighted by Gasteiger charge is -2.28. The zero-order valence-electron chi connectivity index (χ0n) is 12.5. The maximum absolute atomic E-state index is 12.6. The van der Waals surface area contributed by atoms with Crippen molar-refractivity contribution in [1.82, 2.24) is 19.2 Å². The van der Waals surface area contributed by atoms with Crippen molar-refractivity contribution in [2.75, 3.05) is 19.6 Å². The molecule has 2 heterocycles. The second kappa shape index (κ2) is 6.24. The highest BCUT2D eigenvalue weighted by molar-refractivity contribution is 7.89. The van der Waals surface area contributed by atoms with Gasteiger partial charge in [0.15, 0.2) is 5.03 Å². The summed E-state index contributed by atoms with van der Waals surface area (Å²) in [6.07, 6.45) is 4.96. The molecule has 1 saturated heterocycles. The molecule has 0 bridgehead atoms. The lowest BCUT2D eigenvalue weighted by Crippen LogP contribution is -2.45. The average Bonchev–Trinajstić information content (AvgIpc) is 2.78. The van der Waals surface area contributed by atoms with E-state index in [9.17, 15) is 8.42 Å². The first-order valence-electron chi connectivity index (χ1n) is 7.18. The molecule has 0 amide bonds. The van der Waals surface area contributed by atoms with Gasteiger partial charge in [0.05, 0.1) is 0 Å². The summed E-state index contributed by atoms with van der Waals surface area (Å²) in [5, 5.41) is 3.54. The van der Waals surface area contributed by atoms with Crippen molar-refractivity contribution < 1.29 is 8.42 Å². The summed E-state index contributed by atoms with van der Waals surface area (Å²) in [7, 11) is -1.68. The van der Waals surface area contributed by atoms with Crippen molar-refractivity contribution in [2.45, 2.75) is 44.2 Å². The summed E-state index contributed by atoms with van der Waals surface area (Å²) >= 11 is 0. The fourth-order valence-electron chi connectivity index (χ4n) is 2.51. The summed E-state index contributed by atoms with van der Waals surface area (Å²) in [5.74, 6) is 0.704. The Bertz CT molecular complexity index is 527. The molecule has 2 rings (SSSR count). The van der Waals surface area contributed by atoms with E-state index in [0.717, 1.165) is 19.4 Å². The number of rotatable bonds is 5. The van der Waals surface area contributed by atoms with Gasteiger partial charge >= 0.3 is 0 Å². The SMILES string of the molecule is CCN(CC1CCCCN1)S(=O)(=O)c1cn(C)c(C)n1. The highest BCUT2D eigenvalue weighted by atomic mass is 32.2. The molecule has 0 saturated carbocycles. The molecule has 0 aliphatic carbocycles. The van der Waals surface area contributed by atoms with E-state index in [1.807, 2.05) is 6.92 Å². The molecule has 0 aromatic carbocycles. The smallest absolute Gasteiger partial charge is 0.262 e. The Morgan fingerprint density at radius 1 is 1.50 bits per heavy atom. The van der Waals surface area contributed by atoms with Crippen LogP contribution in [0.2, 0.25) is 0 Å². The van der Waals surface area contributed by atoms with Gasteiger partial charge in [-0.2, -0.15) is 4.31 Å². The van der Waals surface area contributed by atoms with Crippen molar-refractivity contribution >= 4 is 10.0 Å². The fourth-order valence-corrected chi connectivity index (χ4v) is 4.03. The largest absolute Gasteiger partial charge is 0.337 e. The zero-order valence-corrected chi connectivity index (χ0v) is 13.3. The molecule has 1 aliphatic heterocycles. The first-order chi connectivity index (χ1) is 9.45. The summed E-state index contributed by atoms with van der Waals surface area (Å²) in [5.41, 5.74) is 0. The number of likely N-dealkylation sites (N-methyl/N-ethyl adjacent to an activating group) is 1. The van der Waals surface area contributed by atoms with E-state index in [2.05, 4.69) is 10.3 Å². The lowest BCUT2D eigenvalue weighted by molar-refractivity contribution is 0.319. The molecule has 1 fully saturated rings. The molecule has 114 valence electrons. The minimum atomic E-state index is -3.49. The maximum Gasteiger partial charge on any atom is 0.262 e. The molecule has 6 nitrogen and oxygen atoms in total. The molecular weight excluding hydrogens is 276 g/mol. The van der Waals surface area contributed by atoms with Crippen molar-refractivity contribution in [3.05, 3.63) is 12.0 Å². The van der Waals surface area contributed by atoms with Gasteiger partial charge in [0, 0.05) is 32.4 Å². The first-order valence-corrected chi connectivity index (χ1v) is 8.62. The summed E-state index contributed by atoms with van der Waals surface area (Å²) in [6.45, 7) is 5.64. The highest BCUT2D eigenvalue weighted by Crippen LogP contribution is 2.17. The van der Waals surface area contributed by atoms with Crippen LogP contribution in [0.15, 0.2) is 11.2 Å². The predicted molar refractivity (Wildman–Crippen MR) is 78.0 cm³/mol. The number of aryl methyl sites for hydroxylation is 2. The molecule has 0 spiro atoms. The standard InChI is InChI=1S/C13H24N4O2S/c1-4-17(9-12-7-5-6-8-14-12)20(18,19)13-10-16(3)11(2)15-13/h10,12,14H,4-9H2,1-3H3. The van der Waals surface area contributed by atoms with Crippen LogP contribution in [0.25, 0.3) is 0 Å². The summed E-state index contributed by atoms with van der Waals surface area (Å²) in [6, 6.07) is 0.253. The van der Waals surface area contributed by atoms with Crippen molar-refractivity contribution in [2.24, 2.45) is 7.05 Å². The first kappa shape index (κ1) is 15.5. The van der Waals surface area contributed by atoms with Crippen LogP contribution in [0, 0.1) is 6.92 Å². The normalized spacial score (nSPS) is 20.5. The number of nitrogens with zero attached hydrogens (tertiary/aromatic N) is 3. The van der Waals surface area contributed by atoms with Gasteiger partial charge in [-0.3, -0.25) is 0 Å². The molecular formula is C13H24N4O2S. The van der Waals surface area contributed by atoms with Crippen LogP contribution in [0.5, 0.6) is 0 Å². The molecule has 1 aromatic heterocycles. The minimum absolute atomic E-state index is 0.148. The molecule has 1 aromatic rings. The van der Waals surface area contributed by atoms with Gasteiger partial charge in [-0.25, -0.2) is 13.4 Å². The van der Waals surface area contributed by atoms with Gasteiger partial charge < -0.3 is 9.88 Å². The van der Waals surface area contributed by atoms with E-state index < -0.39 is 10.0 Å². The Labute approximate surface area is 121 Å². The van der Waals surface area contributed by atoms with Crippen LogP contribution < -0.4 is 5.32 Å². The zero-order chi connectivity index (χ0) is 14.8. The Morgan fingerprint density at radius 3 is 2.75 bits per heavy atom. The number of imidazole rings is 1. The van der Waals surface area contributed by atoms with Gasteiger partial charge in [0.1, 0.15) is 5.82 Å². The quantitative estimate of drug-likeness (QED) is 0.876. The third kappa shape index (κ3) is 3.21. The molecule has 7 heteroatoms. The monoisotopic (exact) mass is 300 g/mol. The van der Waals surface area contributed by atoms with E-state index in [1.165, 1.54) is 10.7 Å². The van der Waals surface area contributed by atoms with Crippen molar-refractivity contribution in [3.63, 3.8) is 0 Å². The topological polar surface area (TPSA) is 67.2 Å². The molecule has 1 N–H and O–H groups in total. The van der Waals surface area contributed by atoms with Crippen LogP contribution in [0.3, 0.4) is 0 Å². The van der Waals surface area contributed by atoms with Gasteiger partial charge in [-0.05, 0) is 26.3 Å². The minimum Gasteiger partial charge on any atom is -0.337 e. The Hall–Kier alpha value is -0.920. The van der Waals surface area contributed by atoms with E-state index in [-0.39, 0.29) is 11.1 Å². The third-order valence-corrected chi connectivity index (χ3v) is 5.69.